The summed E-state index contributed by atoms with van der Waals surface area (Å²) in [6, 6.07) is 0. The fourth-order valence-corrected chi connectivity index (χ4v) is 1.25. The number of hydrogen-bond donors (Lipinski definition) is 2. The van der Waals surface area contributed by atoms with E-state index in [4.69, 9.17) is 0 Å². The first-order valence-electron chi connectivity index (χ1n) is 3.88. The van der Waals surface area contributed by atoms with Crippen molar-refractivity contribution in [2.45, 2.75) is 19.4 Å². The Kier molecular flexibility index (Phi) is 3.00. The van der Waals surface area contributed by atoms with E-state index in [1.165, 1.54) is 17.5 Å². The van der Waals surface area contributed by atoms with E-state index in [-0.39, 0.29) is 12.5 Å². The van der Waals surface area contributed by atoms with E-state index >= 15 is 0 Å². The van der Waals surface area contributed by atoms with Gasteiger partial charge < -0.3 is 10.4 Å². The Labute approximate surface area is 80.6 Å². The Morgan fingerprint density at radius 3 is 2.92 bits per heavy atom. The van der Waals surface area contributed by atoms with Crippen molar-refractivity contribution in [3.05, 3.63) is 16.6 Å². The number of aromatic nitrogens is 1. The van der Waals surface area contributed by atoms with Gasteiger partial charge in [-0.1, -0.05) is 0 Å². The van der Waals surface area contributed by atoms with Gasteiger partial charge in [0.1, 0.15) is 4.88 Å². The molecular weight excluding hydrogens is 188 g/mol. The number of nitrogens with one attached hydrogen (secondary N) is 1. The molecule has 1 aromatic rings. The summed E-state index contributed by atoms with van der Waals surface area (Å²) in [5.74, 6) is -0.190. The highest BCUT2D eigenvalue weighted by atomic mass is 32.1. The number of thiazole rings is 1. The molecule has 0 radical (unpaired) electrons. The van der Waals surface area contributed by atoms with Gasteiger partial charge >= 0.3 is 0 Å². The molecule has 0 aromatic carbocycles. The summed E-state index contributed by atoms with van der Waals surface area (Å²) < 4.78 is 0. The maximum atomic E-state index is 11.3. The van der Waals surface area contributed by atoms with Gasteiger partial charge in [0.05, 0.1) is 17.3 Å². The van der Waals surface area contributed by atoms with Crippen molar-refractivity contribution in [1.29, 1.82) is 0 Å². The highest BCUT2D eigenvalue weighted by Crippen LogP contribution is 2.05. The summed E-state index contributed by atoms with van der Waals surface area (Å²) in [7, 11) is 0. The monoisotopic (exact) mass is 200 g/mol. The number of nitrogens with zero attached hydrogens (tertiary/aromatic N) is 1. The lowest BCUT2D eigenvalue weighted by Gasteiger charge is -2.16. The number of carbonyl (C=O) groups excluding carboxylic acids is 1. The average Bonchev–Trinajstić information content (AvgIpc) is 2.50. The number of carbonyl (C=O) groups is 1. The van der Waals surface area contributed by atoms with Crippen LogP contribution in [0.15, 0.2) is 11.7 Å². The van der Waals surface area contributed by atoms with Gasteiger partial charge in [-0.2, -0.15) is 0 Å². The van der Waals surface area contributed by atoms with Crippen LogP contribution in [-0.4, -0.2) is 28.1 Å². The van der Waals surface area contributed by atoms with Crippen molar-refractivity contribution in [1.82, 2.24) is 10.3 Å². The standard InChI is InChI=1S/C8H12N2O2S/c1-8(2,12)4-10-7(11)6-3-9-5-13-6/h3,5,12H,4H2,1-2H3,(H,10,11). The van der Waals surface area contributed by atoms with Crippen LogP contribution in [0.5, 0.6) is 0 Å². The van der Waals surface area contributed by atoms with E-state index in [1.807, 2.05) is 0 Å². The molecule has 0 aliphatic carbocycles. The first-order chi connectivity index (χ1) is 5.99. The van der Waals surface area contributed by atoms with Gasteiger partial charge in [0.25, 0.3) is 5.91 Å². The van der Waals surface area contributed by atoms with Crippen LogP contribution in [0.2, 0.25) is 0 Å². The Bertz CT molecular complexity index is 277. The van der Waals surface area contributed by atoms with Crippen LogP contribution in [0.3, 0.4) is 0 Å². The summed E-state index contributed by atoms with van der Waals surface area (Å²) in [4.78, 5) is 15.6. The Balaban J connectivity index is 2.44. The first kappa shape index (κ1) is 10.1. The third-order valence-corrected chi connectivity index (χ3v) is 2.11. The highest BCUT2D eigenvalue weighted by molar-refractivity contribution is 7.11. The molecule has 72 valence electrons. The third kappa shape index (κ3) is 3.52. The molecule has 0 bridgehead atoms. The largest absolute Gasteiger partial charge is 0.389 e. The lowest BCUT2D eigenvalue weighted by Crippen LogP contribution is -2.37. The molecule has 0 aliphatic heterocycles. The molecule has 2 N–H and O–H groups in total. The van der Waals surface area contributed by atoms with Gasteiger partial charge in [-0.25, -0.2) is 0 Å². The van der Waals surface area contributed by atoms with Gasteiger partial charge in [-0.3, -0.25) is 9.78 Å². The molecular formula is C8H12N2O2S. The third-order valence-electron chi connectivity index (χ3n) is 1.34. The zero-order valence-electron chi connectivity index (χ0n) is 7.57. The highest BCUT2D eigenvalue weighted by Gasteiger charge is 2.15. The smallest absolute Gasteiger partial charge is 0.263 e. The topological polar surface area (TPSA) is 62.2 Å². The zero-order valence-corrected chi connectivity index (χ0v) is 8.39. The molecule has 13 heavy (non-hydrogen) atoms. The second kappa shape index (κ2) is 3.85. The predicted octanol–water partition coefficient (Wildman–Crippen LogP) is 0.644. The summed E-state index contributed by atoms with van der Waals surface area (Å²) in [5.41, 5.74) is 0.722. The Morgan fingerprint density at radius 1 is 1.77 bits per heavy atom. The van der Waals surface area contributed by atoms with Crippen molar-refractivity contribution >= 4 is 17.2 Å². The second-order valence-electron chi connectivity index (χ2n) is 3.36. The van der Waals surface area contributed by atoms with E-state index < -0.39 is 5.60 Å². The van der Waals surface area contributed by atoms with E-state index in [9.17, 15) is 9.90 Å². The lowest BCUT2D eigenvalue weighted by atomic mass is 10.1. The van der Waals surface area contributed by atoms with Crippen LogP contribution in [0.25, 0.3) is 0 Å². The van der Waals surface area contributed by atoms with Crippen molar-refractivity contribution in [2.24, 2.45) is 0 Å². The molecule has 4 nitrogen and oxygen atoms in total. The molecule has 1 aromatic heterocycles. The van der Waals surface area contributed by atoms with Crippen molar-refractivity contribution < 1.29 is 9.90 Å². The fourth-order valence-electron chi connectivity index (χ4n) is 0.712. The van der Waals surface area contributed by atoms with Gasteiger partial charge in [0.15, 0.2) is 0 Å². The van der Waals surface area contributed by atoms with Crippen LogP contribution >= 0.6 is 11.3 Å². The van der Waals surface area contributed by atoms with Gasteiger partial charge in [-0.15, -0.1) is 11.3 Å². The Hall–Kier alpha value is -0.940. The maximum Gasteiger partial charge on any atom is 0.263 e. The molecule has 0 fully saturated rings. The van der Waals surface area contributed by atoms with Crippen LogP contribution in [-0.2, 0) is 0 Å². The van der Waals surface area contributed by atoms with Crippen LogP contribution in [0.4, 0.5) is 0 Å². The number of aliphatic hydroxyl groups is 1. The molecule has 5 heteroatoms. The van der Waals surface area contributed by atoms with E-state index in [1.54, 1.807) is 19.4 Å². The molecule has 1 amide bonds. The van der Waals surface area contributed by atoms with Crippen molar-refractivity contribution in [3.8, 4) is 0 Å². The number of hydrogen-bond acceptors (Lipinski definition) is 4. The molecule has 1 heterocycles. The second-order valence-corrected chi connectivity index (χ2v) is 4.25. The molecule has 1 rings (SSSR count). The summed E-state index contributed by atoms with van der Waals surface area (Å²) in [6.07, 6.45) is 1.50. The van der Waals surface area contributed by atoms with E-state index in [0.29, 0.717) is 4.88 Å². The minimum atomic E-state index is -0.875. The molecule has 0 spiro atoms. The lowest BCUT2D eigenvalue weighted by molar-refractivity contribution is 0.0696. The molecule has 0 atom stereocenters. The average molecular weight is 200 g/mol. The van der Waals surface area contributed by atoms with Crippen LogP contribution < -0.4 is 5.32 Å². The normalized spacial score (nSPS) is 11.3. The van der Waals surface area contributed by atoms with Crippen LogP contribution in [0.1, 0.15) is 23.5 Å². The maximum absolute atomic E-state index is 11.3. The first-order valence-corrected chi connectivity index (χ1v) is 4.76. The van der Waals surface area contributed by atoms with Gasteiger partial charge in [-0.05, 0) is 13.8 Å². The van der Waals surface area contributed by atoms with Crippen LogP contribution in [0, 0.1) is 0 Å². The Morgan fingerprint density at radius 2 is 2.46 bits per heavy atom. The predicted molar refractivity (Wildman–Crippen MR) is 50.7 cm³/mol. The SMILES string of the molecule is CC(C)(O)CNC(=O)c1cncs1. The van der Waals surface area contributed by atoms with Crippen molar-refractivity contribution in [2.75, 3.05) is 6.54 Å². The van der Waals surface area contributed by atoms with Gasteiger partial charge in [0.2, 0.25) is 0 Å². The summed E-state index contributed by atoms with van der Waals surface area (Å²) >= 11 is 1.28. The molecule has 0 saturated heterocycles. The van der Waals surface area contributed by atoms with Crippen molar-refractivity contribution in [3.63, 3.8) is 0 Å². The van der Waals surface area contributed by atoms with Gasteiger partial charge in [0, 0.05) is 6.54 Å². The molecule has 0 unspecified atom stereocenters. The fraction of sp³-hybridized carbons (Fsp3) is 0.500. The summed E-state index contributed by atoms with van der Waals surface area (Å²) in [5, 5.41) is 11.9. The number of rotatable bonds is 3. The summed E-state index contributed by atoms with van der Waals surface area (Å²) in [6.45, 7) is 3.52. The number of amides is 1. The molecule has 0 saturated carbocycles. The zero-order chi connectivity index (χ0) is 9.90. The minimum Gasteiger partial charge on any atom is -0.389 e. The van der Waals surface area contributed by atoms with E-state index in [2.05, 4.69) is 10.3 Å². The van der Waals surface area contributed by atoms with E-state index in [0.717, 1.165) is 0 Å². The molecule has 0 aliphatic rings. The minimum absolute atomic E-state index is 0.190. The quantitative estimate of drug-likeness (QED) is 0.752.